The Hall–Kier alpha value is -1.93. The molecule has 0 fully saturated rings. The van der Waals surface area contributed by atoms with Crippen molar-refractivity contribution in [2.45, 2.75) is 24.9 Å². The highest BCUT2D eigenvalue weighted by atomic mass is 16.3. The molecular formula is C17H18O2. The van der Waals surface area contributed by atoms with Crippen molar-refractivity contribution in [3.63, 3.8) is 0 Å². The summed E-state index contributed by atoms with van der Waals surface area (Å²) < 4.78 is 0. The molecule has 19 heavy (non-hydrogen) atoms. The lowest BCUT2D eigenvalue weighted by atomic mass is 9.86. The highest BCUT2D eigenvalue weighted by molar-refractivity contribution is 5.50. The molecule has 2 nitrogen and oxygen atoms in total. The van der Waals surface area contributed by atoms with Crippen LogP contribution in [0, 0.1) is 0 Å². The minimum Gasteiger partial charge on any atom is -0.393 e. The van der Waals surface area contributed by atoms with Crippen LogP contribution < -0.4 is 0 Å². The maximum absolute atomic E-state index is 10.5. The largest absolute Gasteiger partial charge is 0.393 e. The molecule has 0 aromatic heterocycles. The fraction of sp³-hybridized carbons (Fsp3) is 0.235. The Balaban J connectivity index is 2.26. The van der Waals surface area contributed by atoms with E-state index in [0.717, 1.165) is 6.29 Å². The maximum Gasteiger partial charge on any atom is 0.122 e. The molecule has 1 atom stereocenters. The van der Waals surface area contributed by atoms with E-state index >= 15 is 0 Å². The first kappa shape index (κ1) is 13.5. The summed E-state index contributed by atoms with van der Waals surface area (Å²) in [5, 5.41) is 9.91. The number of hydrogen-bond donors (Lipinski definition) is 1. The van der Waals surface area contributed by atoms with Crippen LogP contribution in [0.25, 0.3) is 0 Å². The van der Waals surface area contributed by atoms with Crippen LogP contribution >= 0.6 is 0 Å². The smallest absolute Gasteiger partial charge is 0.122 e. The fourth-order valence-electron chi connectivity index (χ4n) is 2.31. The summed E-state index contributed by atoms with van der Waals surface area (Å²) in [6.07, 6.45) is 0.934. The number of benzene rings is 2. The van der Waals surface area contributed by atoms with Gasteiger partial charge in [-0.25, -0.2) is 0 Å². The summed E-state index contributed by atoms with van der Waals surface area (Å²) >= 11 is 0. The molecular weight excluding hydrogens is 236 g/mol. The van der Waals surface area contributed by atoms with Crippen LogP contribution in [0.1, 0.15) is 29.9 Å². The molecule has 2 rings (SSSR count). The average Bonchev–Trinajstić information content (AvgIpc) is 2.47. The van der Waals surface area contributed by atoms with Crippen molar-refractivity contribution in [1.82, 2.24) is 0 Å². The molecule has 0 aliphatic heterocycles. The molecule has 0 heterocycles. The molecule has 2 aromatic rings. The monoisotopic (exact) mass is 254 g/mol. The summed E-state index contributed by atoms with van der Waals surface area (Å²) in [5.74, 6) is 0.123. The molecule has 1 unspecified atom stereocenters. The van der Waals surface area contributed by atoms with Crippen LogP contribution in [0.3, 0.4) is 0 Å². The van der Waals surface area contributed by atoms with Crippen LogP contribution in [0.15, 0.2) is 60.7 Å². The molecule has 98 valence electrons. The van der Waals surface area contributed by atoms with Crippen LogP contribution in [-0.4, -0.2) is 17.5 Å². The number of aliphatic hydroxyl groups excluding tert-OH is 1. The van der Waals surface area contributed by atoms with Crippen molar-refractivity contribution in [3.05, 3.63) is 71.8 Å². The van der Waals surface area contributed by atoms with Crippen LogP contribution in [0.4, 0.5) is 0 Å². The van der Waals surface area contributed by atoms with Gasteiger partial charge in [0.25, 0.3) is 0 Å². The lowest BCUT2D eigenvalue weighted by Crippen LogP contribution is -2.14. The molecule has 0 aliphatic rings. The quantitative estimate of drug-likeness (QED) is 0.804. The Morgan fingerprint density at radius 1 is 0.895 bits per heavy atom. The van der Waals surface area contributed by atoms with E-state index in [2.05, 4.69) is 24.3 Å². The van der Waals surface area contributed by atoms with E-state index in [-0.39, 0.29) is 12.3 Å². The van der Waals surface area contributed by atoms with E-state index in [4.69, 9.17) is 0 Å². The van der Waals surface area contributed by atoms with E-state index in [1.807, 2.05) is 36.4 Å². The molecule has 0 radical (unpaired) electrons. The van der Waals surface area contributed by atoms with Gasteiger partial charge in [-0.05, 0) is 17.5 Å². The van der Waals surface area contributed by atoms with Crippen LogP contribution in [0.5, 0.6) is 0 Å². The van der Waals surface area contributed by atoms with Gasteiger partial charge in [-0.15, -0.1) is 0 Å². The van der Waals surface area contributed by atoms with Crippen molar-refractivity contribution in [3.8, 4) is 0 Å². The van der Waals surface area contributed by atoms with Crippen LogP contribution in [0.2, 0.25) is 0 Å². The van der Waals surface area contributed by atoms with Crippen molar-refractivity contribution >= 4 is 6.29 Å². The van der Waals surface area contributed by atoms with E-state index in [1.54, 1.807) is 0 Å². The van der Waals surface area contributed by atoms with E-state index in [9.17, 15) is 9.90 Å². The van der Waals surface area contributed by atoms with Crippen molar-refractivity contribution < 1.29 is 9.90 Å². The van der Waals surface area contributed by atoms with Gasteiger partial charge in [0.15, 0.2) is 0 Å². The number of hydrogen-bond acceptors (Lipinski definition) is 2. The third-order valence-electron chi connectivity index (χ3n) is 3.28. The number of aldehydes is 1. The highest BCUT2D eigenvalue weighted by Crippen LogP contribution is 2.29. The summed E-state index contributed by atoms with van der Waals surface area (Å²) in [4.78, 5) is 10.5. The first-order valence-electron chi connectivity index (χ1n) is 6.53. The van der Waals surface area contributed by atoms with Gasteiger partial charge >= 0.3 is 0 Å². The molecule has 0 aliphatic carbocycles. The number of carbonyl (C=O) groups excluding carboxylic acids is 1. The molecule has 2 heteroatoms. The number of carbonyl (C=O) groups is 1. The molecule has 0 spiro atoms. The summed E-state index contributed by atoms with van der Waals surface area (Å²) in [7, 11) is 0. The molecule has 0 amide bonds. The lowest BCUT2D eigenvalue weighted by molar-refractivity contribution is -0.109. The highest BCUT2D eigenvalue weighted by Gasteiger charge is 2.17. The summed E-state index contributed by atoms with van der Waals surface area (Å²) in [6, 6.07) is 20.2. The lowest BCUT2D eigenvalue weighted by Gasteiger charge is -2.20. The number of aliphatic hydroxyl groups is 1. The van der Waals surface area contributed by atoms with Gasteiger partial charge in [-0.3, -0.25) is 0 Å². The van der Waals surface area contributed by atoms with Crippen molar-refractivity contribution in [1.29, 1.82) is 0 Å². The Kier molecular flexibility index (Phi) is 4.87. The first-order valence-corrected chi connectivity index (χ1v) is 6.53. The molecule has 0 saturated heterocycles. The number of rotatable bonds is 6. The average molecular weight is 254 g/mol. The minimum absolute atomic E-state index is 0.123. The SMILES string of the molecule is O=CCC(O)CC(c1ccccc1)c1ccccc1. The Morgan fingerprint density at radius 3 is 1.79 bits per heavy atom. The zero-order chi connectivity index (χ0) is 13.5. The van der Waals surface area contributed by atoms with Gasteiger partial charge in [0.2, 0.25) is 0 Å². The van der Waals surface area contributed by atoms with E-state index in [0.29, 0.717) is 6.42 Å². The van der Waals surface area contributed by atoms with Gasteiger partial charge in [0.05, 0.1) is 6.10 Å². The van der Waals surface area contributed by atoms with Crippen molar-refractivity contribution in [2.24, 2.45) is 0 Å². The molecule has 0 bridgehead atoms. The third kappa shape index (κ3) is 3.76. The Morgan fingerprint density at radius 2 is 1.37 bits per heavy atom. The van der Waals surface area contributed by atoms with Gasteiger partial charge in [0, 0.05) is 12.3 Å². The zero-order valence-corrected chi connectivity index (χ0v) is 10.8. The topological polar surface area (TPSA) is 37.3 Å². The zero-order valence-electron chi connectivity index (χ0n) is 10.8. The molecule has 0 saturated carbocycles. The summed E-state index contributed by atoms with van der Waals surface area (Å²) in [5.41, 5.74) is 2.33. The molecule has 2 aromatic carbocycles. The second-order valence-corrected chi connectivity index (χ2v) is 4.67. The van der Waals surface area contributed by atoms with E-state index < -0.39 is 6.10 Å². The first-order chi connectivity index (χ1) is 9.31. The Labute approximate surface area is 113 Å². The predicted molar refractivity (Wildman–Crippen MR) is 76.0 cm³/mol. The predicted octanol–water partition coefficient (Wildman–Crippen LogP) is 3.16. The molecule has 1 N–H and O–H groups in total. The van der Waals surface area contributed by atoms with Gasteiger partial charge < -0.3 is 9.90 Å². The Bertz CT molecular complexity index is 454. The van der Waals surface area contributed by atoms with Crippen molar-refractivity contribution in [2.75, 3.05) is 0 Å². The van der Waals surface area contributed by atoms with Gasteiger partial charge in [-0.1, -0.05) is 60.7 Å². The van der Waals surface area contributed by atoms with Crippen LogP contribution in [-0.2, 0) is 4.79 Å². The standard InChI is InChI=1S/C17H18O2/c18-12-11-16(19)13-17(14-7-3-1-4-8-14)15-9-5-2-6-10-15/h1-10,12,16-17,19H,11,13H2. The maximum atomic E-state index is 10.5. The summed E-state index contributed by atoms with van der Waals surface area (Å²) in [6.45, 7) is 0. The third-order valence-corrected chi connectivity index (χ3v) is 3.28. The van der Waals surface area contributed by atoms with Gasteiger partial charge in [0.1, 0.15) is 6.29 Å². The van der Waals surface area contributed by atoms with Gasteiger partial charge in [-0.2, -0.15) is 0 Å². The second kappa shape index (κ2) is 6.86. The fourth-order valence-corrected chi connectivity index (χ4v) is 2.31. The normalized spacial score (nSPS) is 12.3. The second-order valence-electron chi connectivity index (χ2n) is 4.67. The minimum atomic E-state index is -0.595. The van der Waals surface area contributed by atoms with E-state index in [1.165, 1.54) is 11.1 Å².